The van der Waals surface area contributed by atoms with Crippen LogP contribution in [-0.2, 0) is 0 Å². The molecule has 2 heteroatoms. The second kappa shape index (κ2) is 5.13. The highest BCUT2D eigenvalue weighted by Crippen LogP contribution is 2.52. The van der Waals surface area contributed by atoms with Crippen molar-refractivity contribution in [1.82, 2.24) is 9.80 Å². The Kier molecular flexibility index (Phi) is 3.68. The van der Waals surface area contributed by atoms with E-state index in [9.17, 15) is 0 Å². The quantitative estimate of drug-likeness (QED) is 0.757. The molecule has 0 unspecified atom stereocenters. The van der Waals surface area contributed by atoms with Crippen LogP contribution in [0.5, 0.6) is 0 Å². The van der Waals surface area contributed by atoms with Crippen molar-refractivity contribution in [3.8, 4) is 0 Å². The smallest absolute Gasteiger partial charge is 0.00506 e. The Hall–Kier alpha value is -0.0800. The molecule has 0 radical (unpaired) electrons. The van der Waals surface area contributed by atoms with Gasteiger partial charge in [-0.3, -0.25) is 0 Å². The normalized spacial score (nSPS) is 30.3. The highest BCUT2D eigenvalue weighted by atomic mass is 15.2. The largest absolute Gasteiger partial charge is 0.303 e. The van der Waals surface area contributed by atoms with Crippen LogP contribution >= 0.6 is 0 Å². The Morgan fingerprint density at radius 1 is 0.944 bits per heavy atom. The van der Waals surface area contributed by atoms with E-state index in [-0.39, 0.29) is 0 Å². The fourth-order valence-electron chi connectivity index (χ4n) is 4.62. The zero-order chi connectivity index (χ0) is 12.6. The molecule has 1 aliphatic carbocycles. The number of hydrogen-bond donors (Lipinski definition) is 0. The highest BCUT2D eigenvalue weighted by Gasteiger charge is 2.51. The van der Waals surface area contributed by atoms with Crippen LogP contribution in [0.4, 0.5) is 0 Å². The molecule has 0 aromatic carbocycles. The molecule has 1 saturated carbocycles. The van der Waals surface area contributed by atoms with Gasteiger partial charge in [-0.25, -0.2) is 0 Å². The van der Waals surface area contributed by atoms with Gasteiger partial charge in [0.25, 0.3) is 0 Å². The summed E-state index contributed by atoms with van der Waals surface area (Å²) >= 11 is 0. The van der Waals surface area contributed by atoms with Gasteiger partial charge >= 0.3 is 0 Å². The van der Waals surface area contributed by atoms with E-state index in [1.54, 1.807) is 0 Å². The molecule has 2 heterocycles. The monoisotopic (exact) mass is 250 g/mol. The minimum Gasteiger partial charge on any atom is -0.303 e. The van der Waals surface area contributed by atoms with Crippen LogP contribution in [0.1, 0.15) is 46.0 Å². The Bertz CT molecular complexity index is 267. The van der Waals surface area contributed by atoms with Crippen molar-refractivity contribution in [2.24, 2.45) is 17.3 Å². The third-order valence-electron chi connectivity index (χ3n) is 5.81. The second-order valence-corrected chi connectivity index (χ2v) is 7.23. The molecule has 0 aromatic heterocycles. The van der Waals surface area contributed by atoms with E-state index in [1.165, 1.54) is 71.4 Å². The zero-order valence-corrected chi connectivity index (χ0v) is 12.3. The Labute approximate surface area is 113 Å². The summed E-state index contributed by atoms with van der Waals surface area (Å²) in [6.45, 7) is 12.9. The first-order chi connectivity index (χ1) is 8.73. The van der Waals surface area contributed by atoms with Crippen LogP contribution in [0.15, 0.2) is 0 Å². The van der Waals surface area contributed by atoms with E-state index in [2.05, 4.69) is 23.6 Å². The number of rotatable bonds is 4. The van der Waals surface area contributed by atoms with Gasteiger partial charge in [0, 0.05) is 19.6 Å². The second-order valence-electron chi connectivity index (χ2n) is 7.23. The maximum Gasteiger partial charge on any atom is 0.00506 e. The van der Waals surface area contributed by atoms with Crippen LogP contribution in [0.25, 0.3) is 0 Å². The maximum absolute atomic E-state index is 2.75. The van der Waals surface area contributed by atoms with E-state index < -0.39 is 0 Å². The van der Waals surface area contributed by atoms with Crippen molar-refractivity contribution < 1.29 is 0 Å². The molecule has 3 fully saturated rings. The summed E-state index contributed by atoms with van der Waals surface area (Å²) in [7, 11) is 0. The van der Waals surface area contributed by atoms with Crippen LogP contribution in [0.2, 0.25) is 0 Å². The lowest BCUT2D eigenvalue weighted by Crippen LogP contribution is -2.63. The van der Waals surface area contributed by atoms with Gasteiger partial charge in [0.15, 0.2) is 0 Å². The van der Waals surface area contributed by atoms with E-state index in [1.807, 2.05) is 0 Å². The first kappa shape index (κ1) is 12.9. The van der Waals surface area contributed by atoms with E-state index >= 15 is 0 Å². The lowest BCUT2D eigenvalue weighted by Gasteiger charge is -2.60. The first-order valence-corrected chi connectivity index (χ1v) is 8.18. The standard InChI is InChI=1S/C16H30N2/c1-3-14-5-7-18(8-6-14)11-15-9-16(10-15)12-17(4-2)13-16/h14-15H,3-13H2,1-2H3. The number of nitrogens with zero attached hydrogens (tertiary/aromatic N) is 2. The van der Waals surface area contributed by atoms with Crippen LogP contribution in [-0.4, -0.2) is 49.1 Å². The predicted octanol–water partition coefficient (Wildman–Crippen LogP) is 2.84. The SMILES string of the molecule is CCC1CCN(CC2CC3(C2)CN(CC)C3)CC1. The Morgan fingerprint density at radius 2 is 1.61 bits per heavy atom. The van der Waals surface area contributed by atoms with Gasteiger partial charge in [-0.2, -0.15) is 0 Å². The van der Waals surface area contributed by atoms with Gasteiger partial charge in [-0.05, 0) is 62.6 Å². The average Bonchev–Trinajstić information content (AvgIpc) is 2.31. The Morgan fingerprint density at radius 3 is 2.17 bits per heavy atom. The Balaban J connectivity index is 1.34. The third kappa shape index (κ3) is 2.46. The fourth-order valence-corrected chi connectivity index (χ4v) is 4.62. The minimum atomic E-state index is 0.780. The van der Waals surface area contributed by atoms with Gasteiger partial charge in [0.2, 0.25) is 0 Å². The molecule has 0 atom stereocenters. The van der Waals surface area contributed by atoms with Gasteiger partial charge in [0.1, 0.15) is 0 Å². The topological polar surface area (TPSA) is 6.48 Å². The van der Waals surface area contributed by atoms with Crippen LogP contribution < -0.4 is 0 Å². The van der Waals surface area contributed by atoms with E-state index in [4.69, 9.17) is 0 Å². The van der Waals surface area contributed by atoms with Gasteiger partial charge in [-0.1, -0.05) is 20.3 Å². The van der Waals surface area contributed by atoms with Crippen LogP contribution in [0.3, 0.4) is 0 Å². The zero-order valence-electron chi connectivity index (χ0n) is 12.3. The summed E-state index contributed by atoms with van der Waals surface area (Å²) < 4.78 is 0. The number of likely N-dealkylation sites (tertiary alicyclic amines) is 2. The van der Waals surface area contributed by atoms with Crippen molar-refractivity contribution in [1.29, 1.82) is 0 Å². The summed E-state index contributed by atoms with van der Waals surface area (Å²) in [6.07, 6.45) is 7.36. The van der Waals surface area contributed by atoms with Crippen molar-refractivity contribution in [2.75, 3.05) is 39.3 Å². The third-order valence-corrected chi connectivity index (χ3v) is 5.81. The van der Waals surface area contributed by atoms with Crippen molar-refractivity contribution >= 4 is 0 Å². The first-order valence-electron chi connectivity index (χ1n) is 8.18. The summed E-state index contributed by atoms with van der Waals surface area (Å²) in [6, 6.07) is 0. The fraction of sp³-hybridized carbons (Fsp3) is 1.00. The predicted molar refractivity (Wildman–Crippen MR) is 76.7 cm³/mol. The van der Waals surface area contributed by atoms with E-state index in [0.29, 0.717) is 0 Å². The molecule has 18 heavy (non-hydrogen) atoms. The summed E-state index contributed by atoms with van der Waals surface area (Å²) in [5.74, 6) is 2.06. The lowest BCUT2D eigenvalue weighted by molar-refractivity contribution is -0.0992. The molecule has 0 bridgehead atoms. The van der Waals surface area contributed by atoms with Crippen molar-refractivity contribution in [2.45, 2.75) is 46.0 Å². The summed E-state index contributed by atoms with van der Waals surface area (Å²) in [4.78, 5) is 5.35. The van der Waals surface area contributed by atoms with Gasteiger partial charge in [0.05, 0.1) is 0 Å². The molecule has 104 valence electrons. The van der Waals surface area contributed by atoms with Crippen LogP contribution in [0, 0.1) is 17.3 Å². The molecule has 2 saturated heterocycles. The lowest BCUT2D eigenvalue weighted by atomic mass is 9.57. The molecule has 0 N–H and O–H groups in total. The molecule has 0 amide bonds. The summed E-state index contributed by atoms with van der Waals surface area (Å²) in [5, 5.41) is 0. The summed E-state index contributed by atoms with van der Waals surface area (Å²) in [5.41, 5.74) is 0.780. The number of piperidine rings is 1. The molecular formula is C16H30N2. The highest BCUT2D eigenvalue weighted by molar-refractivity contribution is 5.04. The molecule has 2 nitrogen and oxygen atoms in total. The van der Waals surface area contributed by atoms with Gasteiger partial charge in [-0.15, -0.1) is 0 Å². The maximum atomic E-state index is 2.75. The molecular weight excluding hydrogens is 220 g/mol. The molecule has 1 spiro atoms. The van der Waals surface area contributed by atoms with E-state index in [0.717, 1.165) is 17.3 Å². The van der Waals surface area contributed by atoms with Crippen molar-refractivity contribution in [3.63, 3.8) is 0 Å². The minimum absolute atomic E-state index is 0.780. The van der Waals surface area contributed by atoms with Gasteiger partial charge < -0.3 is 9.80 Å². The number of hydrogen-bond acceptors (Lipinski definition) is 2. The molecule has 0 aromatic rings. The molecule has 3 aliphatic rings. The molecule has 2 aliphatic heterocycles. The average molecular weight is 250 g/mol. The van der Waals surface area contributed by atoms with Crippen molar-refractivity contribution in [3.05, 3.63) is 0 Å². The molecule has 3 rings (SSSR count).